The summed E-state index contributed by atoms with van der Waals surface area (Å²) in [4.78, 5) is 11.0. The molecular formula is C25H23N3O3. The van der Waals surface area contributed by atoms with Crippen LogP contribution in [0.2, 0.25) is 0 Å². The van der Waals surface area contributed by atoms with Crippen molar-refractivity contribution in [2.45, 2.75) is 26.4 Å². The summed E-state index contributed by atoms with van der Waals surface area (Å²) in [5.74, 6) is 0.00626. The van der Waals surface area contributed by atoms with Crippen molar-refractivity contribution in [3.63, 3.8) is 0 Å². The monoisotopic (exact) mass is 413 g/mol. The van der Waals surface area contributed by atoms with Crippen LogP contribution in [0.5, 0.6) is 0 Å². The highest BCUT2D eigenvalue weighted by molar-refractivity contribution is 5.75. The van der Waals surface area contributed by atoms with E-state index in [2.05, 4.69) is 40.6 Å². The summed E-state index contributed by atoms with van der Waals surface area (Å²) in [6, 6.07) is 23.3. The minimum atomic E-state index is -0.884. The number of carboxylic acids is 1. The first-order chi connectivity index (χ1) is 15.0. The minimum Gasteiger partial charge on any atom is -0.480 e. The van der Waals surface area contributed by atoms with Gasteiger partial charge in [-0.2, -0.15) is 0 Å². The van der Waals surface area contributed by atoms with Gasteiger partial charge in [0.05, 0.1) is 0 Å². The predicted molar refractivity (Wildman–Crippen MR) is 119 cm³/mol. The number of aliphatic carboxylic acids is 1. The largest absolute Gasteiger partial charge is 0.480 e. The summed E-state index contributed by atoms with van der Waals surface area (Å²) in [5, 5.41) is 20.5. The lowest BCUT2D eigenvalue weighted by molar-refractivity contribution is -0.139. The molecule has 0 spiro atoms. The van der Waals surface area contributed by atoms with Gasteiger partial charge >= 0.3 is 5.97 Å². The van der Waals surface area contributed by atoms with E-state index in [-0.39, 0.29) is 0 Å². The van der Waals surface area contributed by atoms with Crippen LogP contribution >= 0.6 is 0 Å². The number of aromatic nitrogens is 2. The highest BCUT2D eigenvalue weighted by Crippen LogP contribution is 2.32. The summed E-state index contributed by atoms with van der Waals surface area (Å²) in [6.07, 6.45) is 0. The molecule has 0 aliphatic rings. The maximum absolute atomic E-state index is 11.0. The van der Waals surface area contributed by atoms with Crippen molar-refractivity contribution in [1.29, 1.82) is 0 Å². The Balaban J connectivity index is 1.60. The Kier molecular flexibility index (Phi) is 5.91. The smallest absolute Gasteiger partial charge is 0.320 e. The normalized spacial score (nSPS) is 11.9. The van der Waals surface area contributed by atoms with Crippen LogP contribution < -0.4 is 5.32 Å². The minimum absolute atomic E-state index is 0.424. The van der Waals surface area contributed by atoms with Crippen LogP contribution in [0.25, 0.3) is 34.0 Å². The topological polar surface area (TPSA) is 88.2 Å². The zero-order valence-electron chi connectivity index (χ0n) is 17.4. The highest BCUT2D eigenvalue weighted by atomic mass is 16.4. The van der Waals surface area contributed by atoms with E-state index in [0.29, 0.717) is 18.3 Å². The first-order valence-corrected chi connectivity index (χ1v) is 10.1. The fourth-order valence-electron chi connectivity index (χ4n) is 3.42. The van der Waals surface area contributed by atoms with Gasteiger partial charge in [-0.15, -0.1) is 10.2 Å². The van der Waals surface area contributed by atoms with E-state index in [1.807, 2.05) is 54.6 Å². The molecule has 0 bridgehead atoms. The Hall–Kier alpha value is -3.77. The number of benzene rings is 3. The van der Waals surface area contributed by atoms with Gasteiger partial charge in [0.15, 0.2) is 0 Å². The molecule has 6 heteroatoms. The second-order valence-electron chi connectivity index (χ2n) is 7.40. The SMILES string of the molecule is Cc1c(-c2ccccc2)cccc1-c1nnc(-c2cccc(CNC(C)C(=O)O)c2)o1. The third-order valence-electron chi connectivity index (χ3n) is 5.23. The third-order valence-corrected chi connectivity index (χ3v) is 5.23. The van der Waals surface area contributed by atoms with E-state index in [1.165, 1.54) is 0 Å². The first-order valence-electron chi connectivity index (χ1n) is 10.1. The summed E-state index contributed by atoms with van der Waals surface area (Å²) in [7, 11) is 0. The molecule has 1 aromatic heterocycles. The predicted octanol–water partition coefficient (Wildman–Crippen LogP) is 4.94. The lowest BCUT2D eigenvalue weighted by Gasteiger charge is -2.09. The third kappa shape index (κ3) is 4.54. The molecule has 4 aromatic rings. The molecule has 1 heterocycles. The van der Waals surface area contributed by atoms with Crippen molar-refractivity contribution in [2.24, 2.45) is 0 Å². The number of hydrogen-bond donors (Lipinski definition) is 2. The Labute approximate surface area is 180 Å². The van der Waals surface area contributed by atoms with E-state index < -0.39 is 12.0 Å². The van der Waals surface area contributed by atoms with Gasteiger partial charge in [0.1, 0.15) is 6.04 Å². The van der Waals surface area contributed by atoms with Crippen molar-refractivity contribution in [3.05, 3.63) is 83.9 Å². The molecule has 0 saturated heterocycles. The Morgan fingerprint density at radius 1 is 0.935 bits per heavy atom. The standard InChI is InChI=1S/C25H23N3O3/c1-16-21(19-9-4-3-5-10-19)12-7-13-22(16)24-28-27-23(31-24)20-11-6-8-18(14-20)15-26-17(2)25(29)30/h3-14,17,26H,15H2,1-2H3,(H,29,30). The van der Waals surface area contributed by atoms with Crippen molar-refractivity contribution in [1.82, 2.24) is 15.5 Å². The van der Waals surface area contributed by atoms with Crippen LogP contribution in [0.1, 0.15) is 18.1 Å². The molecule has 0 amide bonds. The van der Waals surface area contributed by atoms with Gasteiger partial charge in [0.2, 0.25) is 11.8 Å². The Morgan fingerprint density at radius 3 is 2.39 bits per heavy atom. The van der Waals surface area contributed by atoms with Gasteiger partial charge in [-0.3, -0.25) is 4.79 Å². The lowest BCUT2D eigenvalue weighted by atomic mass is 9.96. The van der Waals surface area contributed by atoms with Crippen molar-refractivity contribution in [2.75, 3.05) is 0 Å². The van der Waals surface area contributed by atoms with Crippen LogP contribution in [0.3, 0.4) is 0 Å². The summed E-state index contributed by atoms with van der Waals surface area (Å²) >= 11 is 0. The number of carboxylic acid groups (broad SMARTS) is 1. The van der Waals surface area contributed by atoms with Crippen molar-refractivity contribution >= 4 is 5.97 Å². The Bertz CT molecular complexity index is 1200. The number of carbonyl (C=O) groups is 1. The molecule has 31 heavy (non-hydrogen) atoms. The Morgan fingerprint density at radius 2 is 1.61 bits per heavy atom. The van der Waals surface area contributed by atoms with Crippen LogP contribution in [-0.4, -0.2) is 27.3 Å². The number of rotatable bonds is 7. The molecular weight excluding hydrogens is 390 g/mol. The number of nitrogens with one attached hydrogen (secondary N) is 1. The van der Waals surface area contributed by atoms with Crippen molar-refractivity contribution in [3.8, 4) is 34.0 Å². The summed E-state index contributed by atoms with van der Waals surface area (Å²) in [5.41, 5.74) is 5.96. The van der Waals surface area contributed by atoms with Crippen LogP contribution in [-0.2, 0) is 11.3 Å². The fraction of sp³-hybridized carbons (Fsp3) is 0.160. The molecule has 1 unspecified atom stereocenters. The van der Waals surface area contributed by atoms with Crippen LogP contribution in [0.4, 0.5) is 0 Å². The zero-order valence-corrected chi connectivity index (χ0v) is 17.4. The molecule has 3 aromatic carbocycles. The van der Waals surface area contributed by atoms with E-state index in [9.17, 15) is 4.79 Å². The molecule has 0 saturated carbocycles. The molecule has 0 radical (unpaired) electrons. The molecule has 1 atom stereocenters. The average Bonchev–Trinajstić information content (AvgIpc) is 3.28. The second kappa shape index (κ2) is 8.93. The molecule has 6 nitrogen and oxygen atoms in total. The van der Waals surface area contributed by atoms with Gasteiger partial charge in [-0.05, 0) is 54.3 Å². The maximum atomic E-state index is 11.0. The van der Waals surface area contributed by atoms with Crippen molar-refractivity contribution < 1.29 is 14.3 Å². The molecule has 0 aliphatic heterocycles. The molecule has 0 aliphatic carbocycles. The first kappa shape index (κ1) is 20.5. The zero-order chi connectivity index (χ0) is 21.8. The fourth-order valence-corrected chi connectivity index (χ4v) is 3.42. The van der Waals surface area contributed by atoms with E-state index >= 15 is 0 Å². The van der Waals surface area contributed by atoms with Gasteiger partial charge < -0.3 is 14.8 Å². The molecule has 4 rings (SSSR count). The van der Waals surface area contributed by atoms with E-state index in [4.69, 9.17) is 9.52 Å². The molecule has 156 valence electrons. The lowest BCUT2D eigenvalue weighted by Crippen LogP contribution is -2.33. The maximum Gasteiger partial charge on any atom is 0.320 e. The quantitative estimate of drug-likeness (QED) is 0.446. The average molecular weight is 413 g/mol. The second-order valence-corrected chi connectivity index (χ2v) is 7.40. The van der Waals surface area contributed by atoms with E-state index in [1.54, 1.807) is 6.92 Å². The van der Waals surface area contributed by atoms with Crippen LogP contribution in [0.15, 0.2) is 77.2 Å². The molecule has 2 N–H and O–H groups in total. The van der Waals surface area contributed by atoms with E-state index in [0.717, 1.165) is 33.4 Å². The number of nitrogens with zero attached hydrogens (tertiary/aromatic N) is 2. The summed E-state index contributed by atoms with van der Waals surface area (Å²) in [6.45, 7) is 4.10. The number of hydrogen-bond acceptors (Lipinski definition) is 5. The van der Waals surface area contributed by atoms with Gasteiger partial charge in [0.25, 0.3) is 0 Å². The highest BCUT2D eigenvalue weighted by Gasteiger charge is 2.15. The van der Waals surface area contributed by atoms with Gasteiger partial charge in [0, 0.05) is 17.7 Å². The molecule has 0 fully saturated rings. The summed E-state index contributed by atoms with van der Waals surface area (Å²) < 4.78 is 6.01. The van der Waals surface area contributed by atoms with Gasteiger partial charge in [-0.1, -0.05) is 54.6 Å². The van der Waals surface area contributed by atoms with Crippen LogP contribution in [0, 0.1) is 6.92 Å². The van der Waals surface area contributed by atoms with Gasteiger partial charge in [-0.25, -0.2) is 0 Å².